The van der Waals surface area contributed by atoms with E-state index in [1.165, 1.54) is 0 Å². The van der Waals surface area contributed by atoms with Crippen LogP contribution >= 0.6 is 11.6 Å². The van der Waals surface area contributed by atoms with Gasteiger partial charge in [0.05, 0.1) is 0 Å². The normalized spacial score (nSPS) is 10.8. The summed E-state index contributed by atoms with van der Waals surface area (Å²) in [7, 11) is 0. The second-order valence-electron chi connectivity index (χ2n) is 3.84. The number of rotatable bonds is 3. The molecule has 6 heteroatoms. The zero-order valence-corrected chi connectivity index (χ0v) is 10.2. The Hall–Kier alpha value is -1.75. The van der Waals surface area contributed by atoms with Crippen molar-refractivity contribution in [2.75, 3.05) is 0 Å². The quantitative estimate of drug-likeness (QED) is 0.785. The van der Waals surface area contributed by atoms with E-state index in [2.05, 4.69) is 15.2 Å². The highest BCUT2D eigenvalue weighted by Crippen LogP contribution is 2.18. The zero-order chi connectivity index (χ0) is 12.4. The molecule has 0 saturated carbocycles. The number of carbonyl (C=O) groups excluding carboxylic acids is 1. The van der Waals surface area contributed by atoms with Crippen molar-refractivity contribution < 1.29 is 4.79 Å². The molecule has 0 amide bonds. The van der Waals surface area contributed by atoms with Gasteiger partial charge >= 0.3 is 0 Å². The Morgan fingerprint density at radius 2 is 2.18 bits per heavy atom. The number of carbonyl (C=O) groups is 1. The Bertz CT molecular complexity index is 550. The van der Waals surface area contributed by atoms with Gasteiger partial charge in [-0.2, -0.15) is 0 Å². The summed E-state index contributed by atoms with van der Waals surface area (Å²) in [6.45, 7) is 4.03. The van der Waals surface area contributed by atoms with Gasteiger partial charge in [-0.3, -0.25) is 4.79 Å². The molecule has 0 aromatic carbocycles. The van der Waals surface area contributed by atoms with Crippen molar-refractivity contribution in [3.63, 3.8) is 0 Å². The van der Waals surface area contributed by atoms with Gasteiger partial charge in [0.2, 0.25) is 0 Å². The van der Waals surface area contributed by atoms with Gasteiger partial charge in [-0.15, -0.1) is 10.2 Å². The van der Waals surface area contributed by atoms with Crippen molar-refractivity contribution in [1.82, 2.24) is 19.7 Å². The van der Waals surface area contributed by atoms with Crippen LogP contribution in [0.25, 0.3) is 11.5 Å². The lowest BCUT2D eigenvalue weighted by molar-refractivity contribution is 0.107. The van der Waals surface area contributed by atoms with Crippen LogP contribution in [0.2, 0.25) is 0 Å². The first-order valence-electron chi connectivity index (χ1n) is 5.16. The predicted molar refractivity (Wildman–Crippen MR) is 63.8 cm³/mol. The van der Waals surface area contributed by atoms with E-state index in [-0.39, 0.29) is 11.7 Å². The van der Waals surface area contributed by atoms with Crippen molar-refractivity contribution in [1.29, 1.82) is 0 Å². The molecule has 0 aliphatic heterocycles. The second-order valence-corrected chi connectivity index (χ2v) is 4.18. The maximum Gasteiger partial charge on any atom is 0.270 e. The van der Waals surface area contributed by atoms with E-state index >= 15 is 0 Å². The van der Waals surface area contributed by atoms with Gasteiger partial charge in [-0.05, 0) is 37.6 Å². The molecule has 0 bridgehead atoms. The Labute approximate surface area is 103 Å². The standard InChI is InChI=1S/C11H11ClN4O/c1-7(2)16-6-13-15-11(16)9-5-3-4-8(14-9)10(12)17/h3-7H,1-2H3. The molecule has 0 atom stereocenters. The Kier molecular flexibility index (Phi) is 3.19. The lowest BCUT2D eigenvalue weighted by atomic mass is 10.3. The molecule has 5 nitrogen and oxygen atoms in total. The van der Waals surface area contributed by atoms with Gasteiger partial charge in [-0.25, -0.2) is 4.98 Å². The summed E-state index contributed by atoms with van der Waals surface area (Å²) < 4.78 is 1.88. The van der Waals surface area contributed by atoms with Crippen molar-refractivity contribution >= 4 is 16.8 Å². The summed E-state index contributed by atoms with van der Waals surface area (Å²) in [4.78, 5) is 15.2. The average Bonchev–Trinajstić information content (AvgIpc) is 2.78. The number of hydrogen-bond donors (Lipinski definition) is 0. The fourth-order valence-corrected chi connectivity index (χ4v) is 1.58. The van der Waals surface area contributed by atoms with Crippen molar-refractivity contribution in [3.8, 4) is 11.5 Å². The minimum absolute atomic E-state index is 0.211. The first kappa shape index (κ1) is 11.7. The van der Waals surface area contributed by atoms with Crippen LogP contribution in [0.1, 0.15) is 30.4 Å². The fourth-order valence-electron chi connectivity index (χ4n) is 1.47. The third-order valence-electron chi connectivity index (χ3n) is 2.31. The number of halogens is 1. The van der Waals surface area contributed by atoms with Gasteiger partial charge in [0.1, 0.15) is 17.7 Å². The summed E-state index contributed by atoms with van der Waals surface area (Å²) in [6, 6.07) is 5.27. The van der Waals surface area contributed by atoms with E-state index in [1.54, 1.807) is 24.5 Å². The van der Waals surface area contributed by atoms with Gasteiger partial charge in [-0.1, -0.05) is 6.07 Å². The summed E-state index contributed by atoms with van der Waals surface area (Å²) in [5.41, 5.74) is 0.796. The molecule has 0 saturated heterocycles. The van der Waals surface area contributed by atoms with Gasteiger partial charge < -0.3 is 4.57 Å². The number of aromatic nitrogens is 4. The highest BCUT2D eigenvalue weighted by molar-refractivity contribution is 6.67. The topological polar surface area (TPSA) is 60.7 Å². The highest BCUT2D eigenvalue weighted by Gasteiger charge is 2.12. The molecular formula is C11H11ClN4O. The van der Waals surface area contributed by atoms with Crippen molar-refractivity contribution in [3.05, 3.63) is 30.2 Å². The summed E-state index contributed by atoms with van der Waals surface area (Å²) >= 11 is 5.39. The Morgan fingerprint density at radius 1 is 1.41 bits per heavy atom. The SMILES string of the molecule is CC(C)n1cnnc1-c1cccc(C(=O)Cl)n1. The molecule has 2 heterocycles. The minimum atomic E-state index is -0.581. The molecule has 2 rings (SSSR count). The lowest BCUT2D eigenvalue weighted by Gasteiger charge is -2.09. The Morgan fingerprint density at radius 3 is 2.82 bits per heavy atom. The summed E-state index contributed by atoms with van der Waals surface area (Å²) in [5, 5.41) is 7.27. The second kappa shape index (κ2) is 4.63. The molecule has 2 aromatic rings. The van der Waals surface area contributed by atoms with Gasteiger partial charge in [0.15, 0.2) is 5.82 Å². The maximum absolute atomic E-state index is 11.0. The minimum Gasteiger partial charge on any atom is -0.310 e. The molecule has 0 aliphatic carbocycles. The third-order valence-corrected chi connectivity index (χ3v) is 2.50. The van der Waals surface area contributed by atoms with Crippen LogP contribution in [-0.2, 0) is 0 Å². The van der Waals surface area contributed by atoms with E-state index < -0.39 is 5.24 Å². The van der Waals surface area contributed by atoms with Crippen LogP contribution in [0.3, 0.4) is 0 Å². The molecule has 0 aliphatic rings. The summed E-state index contributed by atoms with van der Waals surface area (Å²) in [6.07, 6.45) is 1.64. The van der Waals surface area contributed by atoms with Crippen LogP contribution in [0.5, 0.6) is 0 Å². The largest absolute Gasteiger partial charge is 0.310 e. The molecule has 0 fully saturated rings. The van der Waals surface area contributed by atoms with Crippen LogP contribution in [0.15, 0.2) is 24.5 Å². The van der Waals surface area contributed by atoms with Crippen molar-refractivity contribution in [2.24, 2.45) is 0 Å². The van der Waals surface area contributed by atoms with Crippen LogP contribution in [0.4, 0.5) is 0 Å². The van der Waals surface area contributed by atoms with E-state index in [9.17, 15) is 4.79 Å². The van der Waals surface area contributed by atoms with E-state index in [0.29, 0.717) is 11.5 Å². The van der Waals surface area contributed by atoms with Crippen LogP contribution < -0.4 is 0 Å². The molecule has 0 spiro atoms. The predicted octanol–water partition coefficient (Wildman–Crippen LogP) is 2.30. The molecular weight excluding hydrogens is 240 g/mol. The Balaban J connectivity index is 2.49. The maximum atomic E-state index is 11.0. The van der Waals surface area contributed by atoms with Crippen LogP contribution in [0, 0.1) is 0 Å². The summed E-state index contributed by atoms with van der Waals surface area (Å²) in [5.74, 6) is 0.625. The molecule has 0 unspecified atom stereocenters. The van der Waals surface area contributed by atoms with Gasteiger partial charge in [0, 0.05) is 6.04 Å². The number of hydrogen-bond acceptors (Lipinski definition) is 4. The van der Waals surface area contributed by atoms with Crippen molar-refractivity contribution in [2.45, 2.75) is 19.9 Å². The first-order valence-corrected chi connectivity index (χ1v) is 5.54. The monoisotopic (exact) mass is 250 g/mol. The molecule has 2 aromatic heterocycles. The molecule has 17 heavy (non-hydrogen) atoms. The fraction of sp³-hybridized carbons (Fsp3) is 0.273. The van der Waals surface area contributed by atoms with E-state index in [1.807, 2.05) is 18.4 Å². The number of nitrogens with zero attached hydrogens (tertiary/aromatic N) is 4. The van der Waals surface area contributed by atoms with Gasteiger partial charge in [0.25, 0.3) is 5.24 Å². The molecule has 0 radical (unpaired) electrons. The third kappa shape index (κ3) is 2.34. The van der Waals surface area contributed by atoms with E-state index in [4.69, 9.17) is 11.6 Å². The zero-order valence-electron chi connectivity index (χ0n) is 9.46. The molecule has 88 valence electrons. The average molecular weight is 251 g/mol. The highest BCUT2D eigenvalue weighted by atomic mass is 35.5. The first-order chi connectivity index (χ1) is 8.09. The van der Waals surface area contributed by atoms with E-state index in [0.717, 1.165) is 0 Å². The lowest BCUT2D eigenvalue weighted by Crippen LogP contribution is -2.04. The smallest absolute Gasteiger partial charge is 0.270 e. The number of pyridine rings is 1. The van der Waals surface area contributed by atoms with Crippen LogP contribution in [-0.4, -0.2) is 25.0 Å². The molecule has 0 N–H and O–H groups in total.